The van der Waals surface area contributed by atoms with E-state index in [9.17, 15) is 0 Å². The molecule has 50 heavy (non-hydrogen) atoms. The maximum absolute atomic E-state index is 6.78. The minimum atomic E-state index is 0.630. The molecule has 6 heteroatoms. The van der Waals surface area contributed by atoms with Crippen LogP contribution in [-0.4, -0.2) is 19.1 Å². The third kappa shape index (κ3) is 3.38. The molecular weight excluding hydrogens is 633 g/mol. The lowest BCUT2D eigenvalue weighted by atomic mass is 10.0. The monoisotopic (exact) mass is 656 g/mol. The van der Waals surface area contributed by atoms with Gasteiger partial charge in [-0.15, -0.1) is 0 Å². The van der Waals surface area contributed by atoms with E-state index in [2.05, 4.69) is 143 Å². The normalized spacial score (nSPS) is 12.7. The van der Waals surface area contributed by atoms with Gasteiger partial charge in [-0.1, -0.05) is 96.7 Å². The summed E-state index contributed by atoms with van der Waals surface area (Å²) >= 11 is 1.79. The fourth-order valence-electron chi connectivity index (χ4n) is 8.28. The highest BCUT2D eigenvalue weighted by Gasteiger charge is 2.27. The van der Waals surface area contributed by atoms with Crippen LogP contribution in [0.3, 0.4) is 0 Å². The number of para-hydroxylation sites is 3. The molecule has 5 nitrogen and oxygen atoms in total. The Morgan fingerprint density at radius 3 is 2.12 bits per heavy atom. The van der Waals surface area contributed by atoms with Gasteiger partial charge in [-0.2, -0.15) is 0 Å². The first kappa shape index (κ1) is 26.6. The van der Waals surface area contributed by atoms with Crippen molar-refractivity contribution in [2.24, 2.45) is 0 Å². The highest BCUT2D eigenvalue weighted by Crippen LogP contribution is 2.48. The summed E-state index contributed by atoms with van der Waals surface area (Å²) in [7, 11) is 0. The smallest absolute Gasteiger partial charge is 0.235 e. The predicted molar refractivity (Wildman–Crippen MR) is 205 cm³/mol. The van der Waals surface area contributed by atoms with Crippen LogP contribution in [0.5, 0.6) is 0 Å². The number of aromatic nitrogens is 4. The first-order chi connectivity index (χ1) is 24.8. The number of nitrogens with zero attached hydrogens (tertiary/aromatic N) is 4. The highest BCUT2D eigenvalue weighted by molar-refractivity contribution is 7.99. The summed E-state index contributed by atoms with van der Waals surface area (Å²) in [6.45, 7) is 0. The quantitative estimate of drug-likeness (QED) is 0.186. The Balaban J connectivity index is 1.30. The summed E-state index contributed by atoms with van der Waals surface area (Å²) in [6, 6.07) is 51.5. The Hall–Kier alpha value is -6.37. The molecule has 0 saturated carbocycles. The lowest BCUT2D eigenvalue weighted by Gasteiger charge is -2.20. The van der Waals surface area contributed by atoms with E-state index < -0.39 is 0 Å². The summed E-state index contributed by atoms with van der Waals surface area (Å²) < 4.78 is 11.4. The van der Waals surface area contributed by atoms with Crippen molar-refractivity contribution in [1.29, 1.82) is 0 Å². The van der Waals surface area contributed by atoms with Gasteiger partial charge in [0.2, 0.25) is 5.95 Å². The Labute approximate surface area is 289 Å². The van der Waals surface area contributed by atoms with Crippen molar-refractivity contribution in [2.75, 3.05) is 0 Å². The Kier molecular flexibility index (Phi) is 5.11. The molecule has 0 unspecified atom stereocenters. The van der Waals surface area contributed by atoms with Gasteiger partial charge >= 0.3 is 0 Å². The van der Waals surface area contributed by atoms with E-state index in [0.717, 1.165) is 77.1 Å². The van der Waals surface area contributed by atoms with Gasteiger partial charge in [0.05, 0.1) is 27.8 Å². The third-order valence-corrected chi connectivity index (χ3v) is 11.5. The van der Waals surface area contributed by atoms with Crippen LogP contribution < -0.4 is 0 Å². The molecule has 4 aromatic heterocycles. The van der Waals surface area contributed by atoms with Gasteiger partial charge < -0.3 is 8.98 Å². The molecule has 0 N–H and O–H groups in total. The van der Waals surface area contributed by atoms with E-state index in [1.165, 1.54) is 26.1 Å². The molecule has 0 radical (unpaired) electrons. The molecule has 232 valence electrons. The molecule has 0 saturated heterocycles. The lowest BCUT2D eigenvalue weighted by molar-refractivity contribution is 0.671. The van der Waals surface area contributed by atoms with Crippen molar-refractivity contribution < 1.29 is 4.42 Å². The van der Waals surface area contributed by atoms with Gasteiger partial charge in [0.15, 0.2) is 5.58 Å². The fraction of sp³-hybridized carbons (Fsp3) is 0. The molecule has 0 bridgehead atoms. The molecule has 0 amide bonds. The zero-order valence-electron chi connectivity index (χ0n) is 26.5. The van der Waals surface area contributed by atoms with Gasteiger partial charge in [-0.25, -0.2) is 9.97 Å². The first-order valence-corrected chi connectivity index (χ1v) is 17.6. The van der Waals surface area contributed by atoms with Crippen molar-refractivity contribution in [2.45, 2.75) is 9.79 Å². The maximum Gasteiger partial charge on any atom is 0.235 e. The average Bonchev–Trinajstić information content (AvgIpc) is 3.83. The summed E-state index contributed by atoms with van der Waals surface area (Å²) in [5.74, 6) is 0.630. The van der Waals surface area contributed by atoms with E-state index in [-0.39, 0.29) is 0 Å². The highest BCUT2D eigenvalue weighted by atomic mass is 32.2. The van der Waals surface area contributed by atoms with Crippen LogP contribution >= 0.6 is 11.8 Å². The van der Waals surface area contributed by atoms with Crippen molar-refractivity contribution in [1.82, 2.24) is 19.1 Å². The Morgan fingerprint density at radius 2 is 1.20 bits per heavy atom. The zero-order valence-corrected chi connectivity index (χ0v) is 27.3. The molecule has 12 rings (SSSR count). The maximum atomic E-state index is 6.78. The number of rotatable bonds is 2. The summed E-state index contributed by atoms with van der Waals surface area (Å²) in [5.41, 5.74) is 10.2. The van der Waals surface area contributed by atoms with E-state index in [0.29, 0.717) is 5.95 Å². The third-order valence-electron chi connectivity index (χ3n) is 10.3. The van der Waals surface area contributed by atoms with Crippen LogP contribution in [0.2, 0.25) is 0 Å². The first-order valence-electron chi connectivity index (χ1n) is 16.8. The van der Waals surface area contributed by atoms with Crippen LogP contribution in [0.25, 0.3) is 99.3 Å². The minimum Gasteiger partial charge on any atom is -0.454 e. The molecule has 1 aliphatic rings. The molecule has 5 heterocycles. The second-order valence-electron chi connectivity index (χ2n) is 12.9. The predicted octanol–water partition coefficient (Wildman–Crippen LogP) is 11.9. The molecular formula is C44H24N4OS. The van der Waals surface area contributed by atoms with Gasteiger partial charge in [0, 0.05) is 58.7 Å². The Morgan fingerprint density at radius 1 is 0.480 bits per heavy atom. The number of benzene rings is 7. The van der Waals surface area contributed by atoms with Crippen LogP contribution in [0.1, 0.15) is 0 Å². The van der Waals surface area contributed by atoms with E-state index in [1.807, 2.05) is 12.1 Å². The van der Waals surface area contributed by atoms with E-state index in [1.54, 1.807) is 11.8 Å². The second-order valence-corrected chi connectivity index (χ2v) is 14.0. The molecule has 7 aromatic carbocycles. The topological polar surface area (TPSA) is 48.8 Å². The largest absolute Gasteiger partial charge is 0.454 e. The summed E-state index contributed by atoms with van der Waals surface area (Å²) in [5, 5.41) is 7.94. The number of hydrogen-bond donors (Lipinski definition) is 0. The van der Waals surface area contributed by atoms with Gasteiger partial charge in [-0.05, 0) is 60.7 Å². The molecule has 0 spiro atoms. The van der Waals surface area contributed by atoms with Gasteiger partial charge in [0.25, 0.3) is 0 Å². The molecule has 0 aliphatic carbocycles. The summed E-state index contributed by atoms with van der Waals surface area (Å²) in [6.07, 6.45) is 0. The SMILES string of the molecule is c1ccc(-n2c3ccccc3c3c4c5ccc6c7ccccc7oc6c5n(-c5nc6c7c(cccc7n5)Sc5ccccc5-6)c4ccc32)cc1. The summed E-state index contributed by atoms with van der Waals surface area (Å²) in [4.78, 5) is 13.2. The molecule has 0 fully saturated rings. The molecule has 11 aromatic rings. The van der Waals surface area contributed by atoms with Crippen LogP contribution in [0.15, 0.2) is 160 Å². The zero-order chi connectivity index (χ0) is 32.5. The molecule has 1 aliphatic heterocycles. The average molecular weight is 657 g/mol. The standard InChI is InChI=1S/C44H24N4OS/c1-2-11-25(12-3-1)47-32-17-7-4-14-28(32)38-33(47)23-24-34-39(38)30-22-21-27-26-13-5-8-18-35(26)49-43(27)42(30)48(34)44-45-31-16-10-20-37-40(31)41(46-44)29-15-6-9-19-36(29)50-37/h1-24H. The van der Waals surface area contributed by atoms with Crippen LogP contribution in [0, 0.1) is 0 Å². The lowest BCUT2D eigenvalue weighted by Crippen LogP contribution is -2.05. The van der Waals surface area contributed by atoms with Crippen molar-refractivity contribution in [3.8, 4) is 22.9 Å². The van der Waals surface area contributed by atoms with Crippen molar-refractivity contribution in [3.63, 3.8) is 0 Å². The van der Waals surface area contributed by atoms with E-state index >= 15 is 0 Å². The van der Waals surface area contributed by atoms with Crippen LogP contribution in [0.4, 0.5) is 0 Å². The number of fused-ring (bicyclic) bond motifs is 13. The second kappa shape index (κ2) is 9.62. The fourth-order valence-corrected chi connectivity index (χ4v) is 9.39. The Bertz CT molecular complexity index is 3240. The van der Waals surface area contributed by atoms with Crippen LogP contribution in [-0.2, 0) is 0 Å². The van der Waals surface area contributed by atoms with Crippen molar-refractivity contribution >= 4 is 88.2 Å². The number of hydrogen-bond acceptors (Lipinski definition) is 4. The van der Waals surface area contributed by atoms with Crippen molar-refractivity contribution in [3.05, 3.63) is 146 Å². The van der Waals surface area contributed by atoms with E-state index in [4.69, 9.17) is 14.4 Å². The van der Waals surface area contributed by atoms with Gasteiger partial charge in [-0.3, -0.25) is 4.57 Å². The number of furan rings is 1. The minimum absolute atomic E-state index is 0.630. The van der Waals surface area contributed by atoms with Gasteiger partial charge in [0.1, 0.15) is 11.1 Å². The molecule has 0 atom stereocenters.